The fraction of sp³-hybridized carbons (Fsp3) is 0.600. The molecule has 6 nitrogen and oxygen atoms in total. The van der Waals surface area contributed by atoms with E-state index in [1.54, 1.807) is 6.92 Å². The minimum absolute atomic E-state index is 0.242. The number of rotatable bonds is 1. The summed E-state index contributed by atoms with van der Waals surface area (Å²) in [6, 6.07) is 0. The van der Waals surface area contributed by atoms with E-state index in [4.69, 9.17) is 0 Å². The molecule has 1 saturated heterocycles. The van der Waals surface area contributed by atoms with Crippen molar-refractivity contribution in [2.24, 2.45) is 5.92 Å². The van der Waals surface area contributed by atoms with Crippen LogP contribution in [-0.4, -0.2) is 23.9 Å². The Kier molecular flexibility index (Phi) is 4.16. The van der Waals surface area contributed by atoms with Crippen molar-refractivity contribution >= 4 is 23.9 Å². The van der Waals surface area contributed by atoms with Crippen LogP contribution in [0.1, 0.15) is 32.6 Å². The van der Waals surface area contributed by atoms with Crippen LogP contribution >= 0.6 is 0 Å². The molecule has 1 atom stereocenters. The van der Waals surface area contributed by atoms with Crippen LogP contribution in [0.25, 0.3) is 0 Å². The van der Waals surface area contributed by atoms with Crippen LogP contribution < -0.4 is 0 Å². The molecule has 1 aliphatic rings. The lowest BCUT2D eigenvalue weighted by molar-refractivity contribution is -0.171. The van der Waals surface area contributed by atoms with Gasteiger partial charge in [-0.25, -0.2) is 0 Å². The van der Waals surface area contributed by atoms with Crippen molar-refractivity contribution in [2.75, 3.05) is 0 Å². The molecule has 0 aromatic carbocycles. The third-order valence-corrected chi connectivity index (χ3v) is 2.21. The summed E-state index contributed by atoms with van der Waals surface area (Å²) in [5, 5.41) is 0. The monoisotopic (exact) mass is 228 g/mol. The largest absolute Gasteiger partial charge is 0.393 e. The molecule has 16 heavy (non-hydrogen) atoms. The maximum absolute atomic E-state index is 11.4. The normalized spacial score (nSPS) is 23.7. The number of carbonyl (C=O) groups is 4. The molecule has 1 fully saturated rings. The Labute approximate surface area is 91.9 Å². The quantitative estimate of drug-likeness (QED) is 0.475. The van der Waals surface area contributed by atoms with Gasteiger partial charge in [-0.3, -0.25) is 19.2 Å². The Morgan fingerprint density at radius 2 is 1.56 bits per heavy atom. The van der Waals surface area contributed by atoms with Crippen LogP contribution in [0.15, 0.2) is 0 Å². The van der Waals surface area contributed by atoms with Crippen LogP contribution in [0, 0.1) is 5.92 Å². The van der Waals surface area contributed by atoms with Gasteiger partial charge < -0.3 is 9.47 Å². The first kappa shape index (κ1) is 12.4. The molecule has 0 aromatic heterocycles. The van der Waals surface area contributed by atoms with E-state index in [9.17, 15) is 19.2 Å². The lowest BCUT2D eigenvalue weighted by atomic mass is 10.0. The van der Waals surface area contributed by atoms with E-state index in [0.717, 1.165) is 0 Å². The maximum Gasteiger partial charge on any atom is 0.317 e. The highest BCUT2D eigenvalue weighted by molar-refractivity contribution is 5.94. The molecule has 0 saturated carbocycles. The van der Waals surface area contributed by atoms with Gasteiger partial charge in [0.2, 0.25) is 0 Å². The fourth-order valence-corrected chi connectivity index (χ4v) is 1.27. The summed E-state index contributed by atoms with van der Waals surface area (Å²) >= 11 is 0. The topological polar surface area (TPSA) is 86.7 Å². The van der Waals surface area contributed by atoms with E-state index in [1.807, 2.05) is 0 Å². The first-order valence-corrected chi connectivity index (χ1v) is 5.01. The molecule has 88 valence electrons. The second-order valence-corrected chi connectivity index (χ2v) is 3.45. The number of esters is 4. The zero-order chi connectivity index (χ0) is 12.1. The molecule has 0 aliphatic carbocycles. The van der Waals surface area contributed by atoms with Gasteiger partial charge >= 0.3 is 23.9 Å². The highest BCUT2D eigenvalue weighted by atomic mass is 16.6. The molecular weight excluding hydrogens is 216 g/mol. The zero-order valence-electron chi connectivity index (χ0n) is 8.86. The molecular formula is C10H12O6. The number of hydrogen-bond donors (Lipinski definition) is 0. The molecule has 1 aliphatic heterocycles. The minimum Gasteiger partial charge on any atom is -0.393 e. The summed E-state index contributed by atoms with van der Waals surface area (Å²) in [5.74, 6) is -3.77. The predicted octanol–water partition coefficient (Wildman–Crippen LogP) is 0.336. The van der Waals surface area contributed by atoms with Gasteiger partial charge in [0.05, 0.1) is 25.2 Å². The number of carbonyl (C=O) groups excluding carboxylic acids is 4. The molecule has 6 heteroatoms. The van der Waals surface area contributed by atoms with Crippen molar-refractivity contribution in [3.8, 4) is 0 Å². The second-order valence-electron chi connectivity index (χ2n) is 3.45. The lowest BCUT2D eigenvalue weighted by Gasteiger charge is -2.13. The van der Waals surface area contributed by atoms with E-state index < -0.39 is 29.8 Å². The first-order chi connectivity index (χ1) is 7.52. The molecule has 1 unspecified atom stereocenters. The maximum atomic E-state index is 11.4. The van der Waals surface area contributed by atoms with Gasteiger partial charge in [0, 0.05) is 0 Å². The van der Waals surface area contributed by atoms with Gasteiger partial charge in [0.1, 0.15) is 0 Å². The summed E-state index contributed by atoms with van der Waals surface area (Å²) in [4.78, 5) is 44.6. The molecule has 0 bridgehead atoms. The molecule has 0 aromatic rings. The summed E-state index contributed by atoms with van der Waals surface area (Å²) in [6.07, 6.45) is -0.410. The van der Waals surface area contributed by atoms with E-state index in [1.165, 1.54) is 0 Å². The smallest absolute Gasteiger partial charge is 0.317 e. The van der Waals surface area contributed by atoms with Crippen molar-refractivity contribution in [3.05, 3.63) is 0 Å². The Morgan fingerprint density at radius 3 is 2.12 bits per heavy atom. The Morgan fingerprint density at radius 1 is 1.00 bits per heavy atom. The van der Waals surface area contributed by atoms with Gasteiger partial charge in [-0.1, -0.05) is 6.92 Å². The van der Waals surface area contributed by atoms with Crippen LogP contribution in [0.5, 0.6) is 0 Å². The van der Waals surface area contributed by atoms with Crippen molar-refractivity contribution in [3.63, 3.8) is 0 Å². The predicted molar refractivity (Wildman–Crippen MR) is 49.8 cm³/mol. The zero-order valence-corrected chi connectivity index (χ0v) is 8.86. The average molecular weight is 228 g/mol. The van der Waals surface area contributed by atoms with Gasteiger partial charge in [-0.15, -0.1) is 0 Å². The molecule has 0 N–H and O–H groups in total. The molecule has 0 radical (unpaired) electrons. The SMILES string of the molecule is CCC1CC(=O)OC(=O)CCC(=O)OC1=O. The summed E-state index contributed by atoms with van der Waals surface area (Å²) < 4.78 is 8.91. The van der Waals surface area contributed by atoms with Crippen LogP contribution in [-0.2, 0) is 28.7 Å². The van der Waals surface area contributed by atoms with Crippen molar-refractivity contribution in [1.82, 2.24) is 0 Å². The van der Waals surface area contributed by atoms with Crippen molar-refractivity contribution in [1.29, 1.82) is 0 Å². The highest BCUT2D eigenvalue weighted by Crippen LogP contribution is 2.14. The number of cyclic esters (lactones) is 4. The second kappa shape index (κ2) is 5.39. The third kappa shape index (κ3) is 3.45. The van der Waals surface area contributed by atoms with Gasteiger partial charge in [0.15, 0.2) is 0 Å². The van der Waals surface area contributed by atoms with Gasteiger partial charge in [-0.05, 0) is 6.42 Å². The Bertz CT molecular complexity index is 332. The fourth-order valence-electron chi connectivity index (χ4n) is 1.27. The van der Waals surface area contributed by atoms with Crippen LogP contribution in [0.4, 0.5) is 0 Å². The minimum atomic E-state index is -0.772. The summed E-state index contributed by atoms with van der Waals surface area (Å²) in [7, 11) is 0. The average Bonchev–Trinajstić information content (AvgIpc) is 2.21. The van der Waals surface area contributed by atoms with Gasteiger partial charge in [0.25, 0.3) is 0 Å². The Hall–Kier alpha value is -1.72. The number of hydrogen-bond acceptors (Lipinski definition) is 6. The molecule has 1 heterocycles. The Balaban J connectivity index is 2.76. The van der Waals surface area contributed by atoms with E-state index >= 15 is 0 Å². The lowest BCUT2D eigenvalue weighted by Crippen LogP contribution is -2.27. The van der Waals surface area contributed by atoms with Gasteiger partial charge in [-0.2, -0.15) is 0 Å². The standard InChI is InChI=1S/C10H12O6/c1-2-6-5-9(13)15-7(11)3-4-8(12)16-10(6)14/h6H,2-5H2,1H3. The van der Waals surface area contributed by atoms with E-state index in [0.29, 0.717) is 6.42 Å². The highest BCUT2D eigenvalue weighted by Gasteiger charge is 2.27. The molecule has 0 amide bonds. The van der Waals surface area contributed by atoms with Crippen molar-refractivity contribution < 1.29 is 28.7 Å². The molecule has 0 spiro atoms. The first-order valence-electron chi connectivity index (χ1n) is 5.01. The molecule has 1 rings (SSSR count). The van der Waals surface area contributed by atoms with Crippen molar-refractivity contribution in [2.45, 2.75) is 32.6 Å². The van der Waals surface area contributed by atoms with E-state index in [2.05, 4.69) is 9.47 Å². The summed E-state index contributed by atoms with van der Waals surface area (Å²) in [5.41, 5.74) is 0. The van der Waals surface area contributed by atoms with Crippen LogP contribution in [0.2, 0.25) is 0 Å². The number of ether oxygens (including phenoxy) is 2. The van der Waals surface area contributed by atoms with E-state index in [-0.39, 0.29) is 19.3 Å². The summed E-state index contributed by atoms with van der Waals surface area (Å²) in [6.45, 7) is 1.68. The van der Waals surface area contributed by atoms with Crippen LogP contribution in [0.3, 0.4) is 0 Å². The third-order valence-electron chi connectivity index (χ3n) is 2.21.